The van der Waals surface area contributed by atoms with E-state index in [0.29, 0.717) is 23.5 Å². The Morgan fingerprint density at radius 3 is 2.64 bits per heavy atom. The highest BCUT2D eigenvalue weighted by Gasteiger charge is 2.29. The van der Waals surface area contributed by atoms with Crippen LogP contribution in [0.25, 0.3) is 0 Å². The fourth-order valence-corrected chi connectivity index (χ4v) is 6.75. The van der Waals surface area contributed by atoms with Crippen molar-refractivity contribution < 1.29 is 13.2 Å². The lowest BCUT2D eigenvalue weighted by atomic mass is 10.2. The van der Waals surface area contributed by atoms with E-state index in [9.17, 15) is 13.2 Å². The number of nitrogens with one attached hydrogen (secondary N) is 1. The van der Waals surface area contributed by atoms with E-state index in [0.717, 1.165) is 23.6 Å². The third-order valence-corrected chi connectivity index (χ3v) is 8.40. The lowest BCUT2D eigenvalue weighted by molar-refractivity contribution is 0.102. The third kappa shape index (κ3) is 5.04. The van der Waals surface area contributed by atoms with Gasteiger partial charge in [-0.15, -0.1) is 10.2 Å². The number of carbonyl (C=O) groups excluding carboxylic acids is 1. The van der Waals surface area contributed by atoms with E-state index < -0.39 is 15.9 Å². The predicted molar refractivity (Wildman–Crippen MR) is 113 cm³/mol. The normalized spacial score (nSPS) is 15.7. The lowest BCUT2D eigenvalue weighted by Gasteiger charge is -2.26. The third-order valence-electron chi connectivity index (χ3n) is 4.09. The molecule has 1 N–H and O–H groups in total. The van der Waals surface area contributed by atoms with Crippen LogP contribution in [0.5, 0.6) is 0 Å². The number of anilines is 1. The van der Waals surface area contributed by atoms with Crippen LogP contribution in [0.1, 0.15) is 43.5 Å². The molecular weight excluding hydrogens is 440 g/mol. The highest BCUT2D eigenvalue weighted by atomic mass is 35.5. The number of halogens is 1. The molecule has 1 aromatic carbocycles. The van der Waals surface area contributed by atoms with E-state index in [2.05, 4.69) is 15.5 Å². The number of piperidine rings is 1. The summed E-state index contributed by atoms with van der Waals surface area (Å²) in [7, 11) is -3.74. The van der Waals surface area contributed by atoms with Crippen LogP contribution in [0, 0.1) is 0 Å². The molecule has 0 spiro atoms. The van der Waals surface area contributed by atoms with E-state index in [4.69, 9.17) is 11.6 Å². The van der Waals surface area contributed by atoms with Gasteiger partial charge in [0.1, 0.15) is 4.90 Å². The smallest absolute Gasteiger partial charge is 0.257 e. The number of sulfonamides is 1. The number of benzene rings is 1. The molecule has 1 aromatic heterocycles. The number of amides is 1. The van der Waals surface area contributed by atoms with Crippen LogP contribution in [0.2, 0.25) is 5.02 Å². The van der Waals surface area contributed by atoms with Crippen LogP contribution >= 0.6 is 34.7 Å². The highest BCUT2D eigenvalue weighted by Crippen LogP contribution is 2.30. The van der Waals surface area contributed by atoms with Gasteiger partial charge in [-0.1, -0.05) is 55.0 Å². The van der Waals surface area contributed by atoms with Gasteiger partial charge in [-0.3, -0.25) is 10.1 Å². The molecule has 0 saturated carbocycles. The molecule has 2 heterocycles. The van der Waals surface area contributed by atoms with Crippen LogP contribution in [0.3, 0.4) is 0 Å². The topological polar surface area (TPSA) is 92.3 Å². The second-order valence-electron chi connectivity index (χ2n) is 6.60. The quantitative estimate of drug-likeness (QED) is 0.515. The first-order valence-electron chi connectivity index (χ1n) is 8.88. The van der Waals surface area contributed by atoms with E-state index >= 15 is 0 Å². The molecule has 7 nitrogen and oxygen atoms in total. The van der Waals surface area contributed by atoms with Crippen LogP contribution in [0.15, 0.2) is 27.4 Å². The van der Waals surface area contributed by atoms with Crippen molar-refractivity contribution in [3.63, 3.8) is 0 Å². The molecule has 152 valence electrons. The molecule has 1 amide bonds. The van der Waals surface area contributed by atoms with Crippen molar-refractivity contribution in [3.8, 4) is 0 Å². The van der Waals surface area contributed by atoms with Gasteiger partial charge in [0.2, 0.25) is 15.2 Å². The molecule has 0 radical (unpaired) electrons. The van der Waals surface area contributed by atoms with Gasteiger partial charge in [-0.2, -0.15) is 4.31 Å². The van der Waals surface area contributed by atoms with Crippen LogP contribution in [-0.2, 0) is 10.0 Å². The van der Waals surface area contributed by atoms with Crippen molar-refractivity contribution in [2.45, 2.75) is 47.6 Å². The molecule has 28 heavy (non-hydrogen) atoms. The Hall–Kier alpha value is -1.20. The summed E-state index contributed by atoms with van der Waals surface area (Å²) in [5, 5.41) is 11.5. The van der Waals surface area contributed by atoms with Crippen molar-refractivity contribution >= 4 is 55.8 Å². The van der Waals surface area contributed by atoms with Gasteiger partial charge < -0.3 is 0 Å². The molecule has 1 saturated heterocycles. The zero-order valence-electron chi connectivity index (χ0n) is 15.5. The minimum atomic E-state index is -3.74. The first kappa shape index (κ1) is 21.5. The summed E-state index contributed by atoms with van der Waals surface area (Å²) in [6, 6.07) is 4.26. The Labute approximate surface area is 177 Å². The summed E-state index contributed by atoms with van der Waals surface area (Å²) in [6.45, 7) is 5.02. The van der Waals surface area contributed by atoms with E-state index in [-0.39, 0.29) is 15.5 Å². The molecule has 11 heteroatoms. The molecule has 0 unspecified atom stereocenters. The van der Waals surface area contributed by atoms with E-state index in [1.807, 2.05) is 13.8 Å². The predicted octanol–water partition coefficient (Wildman–Crippen LogP) is 4.12. The van der Waals surface area contributed by atoms with Crippen molar-refractivity contribution in [1.82, 2.24) is 14.5 Å². The van der Waals surface area contributed by atoms with Gasteiger partial charge in [0.15, 0.2) is 4.34 Å². The van der Waals surface area contributed by atoms with Crippen LogP contribution in [-0.4, -0.2) is 47.2 Å². The first-order chi connectivity index (χ1) is 13.3. The summed E-state index contributed by atoms with van der Waals surface area (Å²) in [5.74, 6) is -0.455. The number of aromatic nitrogens is 2. The van der Waals surface area contributed by atoms with Gasteiger partial charge in [-0.25, -0.2) is 8.42 Å². The molecule has 0 aliphatic carbocycles. The van der Waals surface area contributed by atoms with Gasteiger partial charge in [0.05, 0.1) is 5.02 Å². The van der Waals surface area contributed by atoms with Gasteiger partial charge in [-0.05, 0) is 31.0 Å². The maximum absolute atomic E-state index is 12.9. The molecule has 1 aliphatic heterocycles. The number of hydrogen-bond acceptors (Lipinski definition) is 7. The Kier molecular flexibility index (Phi) is 6.98. The molecule has 0 atom stereocenters. The monoisotopic (exact) mass is 460 g/mol. The second kappa shape index (κ2) is 9.08. The minimum absolute atomic E-state index is 0.0444. The number of thioether (sulfide) groups is 1. The number of nitrogens with zero attached hydrogens (tertiary/aromatic N) is 3. The highest BCUT2D eigenvalue weighted by molar-refractivity contribution is 8.01. The summed E-state index contributed by atoms with van der Waals surface area (Å²) in [6.07, 6.45) is 2.66. The molecule has 0 bridgehead atoms. The second-order valence-corrected chi connectivity index (χ2v) is 11.7. The zero-order valence-corrected chi connectivity index (χ0v) is 18.7. The summed E-state index contributed by atoms with van der Waals surface area (Å²) in [4.78, 5) is 12.5. The number of rotatable bonds is 6. The molecule has 2 aromatic rings. The average molecular weight is 461 g/mol. The van der Waals surface area contributed by atoms with Crippen LogP contribution in [0.4, 0.5) is 5.13 Å². The first-order valence-corrected chi connectivity index (χ1v) is 12.4. The largest absolute Gasteiger partial charge is 0.296 e. The zero-order chi connectivity index (χ0) is 20.3. The molecular formula is C17H21ClN4O3S3. The Bertz CT molecular complexity index is 956. The minimum Gasteiger partial charge on any atom is -0.296 e. The van der Waals surface area contributed by atoms with Gasteiger partial charge in [0.25, 0.3) is 5.91 Å². The Morgan fingerprint density at radius 2 is 1.96 bits per heavy atom. The summed E-state index contributed by atoms with van der Waals surface area (Å²) >= 11 is 8.99. The average Bonchev–Trinajstić information content (AvgIpc) is 3.08. The SMILES string of the molecule is CC(C)Sc1nnc(NC(=O)c2ccc(Cl)c(S(=O)(=O)N3CCCCC3)c2)s1. The maximum Gasteiger partial charge on any atom is 0.257 e. The van der Waals surface area contributed by atoms with Crippen molar-refractivity contribution in [3.05, 3.63) is 28.8 Å². The molecule has 3 rings (SSSR count). The fraction of sp³-hybridized carbons (Fsp3) is 0.471. The lowest BCUT2D eigenvalue weighted by Crippen LogP contribution is -2.35. The Balaban J connectivity index is 1.80. The van der Waals surface area contributed by atoms with Crippen LogP contribution < -0.4 is 5.32 Å². The Morgan fingerprint density at radius 1 is 1.25 bits per heavy atom. The molecule has 1 aliphatic rings. The summed E-state index contributed by atoms with van der Waals surface area (Å²) in [5.41, 5.74) is 0.202. The number of carbonyl (C=O) groups is 1. The van der Waals surface area contributed by atoms with Crippen molar-refractivity contribution in [2.75, 3.05) is 18.4 Å². The van der Waals surface area contributed by atoms with Gasteiger partial charge in [0, 0.05) is 23.9 Å². The fourth-order valence-electron chi connectivity index (χ4n) is 2.77. The number of hydrogen-bond donors (Lipinski definition) is 1. The maximum atomic E-state index is 12.9. The summed E-state index contributed by atoms with van der Waals surface area (Å²) < 4.78 is 28.1. The van der Waals surface area contributed by atoms with Gasteiger partial charge >= 0.3 is 0 Å². The van der Waals surface area contributed by atoms with E-state index in [1.165, 1.54) is 33.8 Å². The molecule has 1 fully saturated rings. The van der Waals surface area contributed by atoms with E-state index in [1.54, 1.807) is 11.8 Å². The van der Waals surface area contributed by atoms with Crippen molar-refractivity contribution in [2.24, 2.45) is 0 Å². The standard InChI is InChI=1S/C17H21ClN4O3S3/c1-11(2)26-17-21-20-16(27-17)19-15(23)12-6-7-13(18)14(10-12)28(24,25)22-8-4-3-5-9-22/h6-7,10-11H,3-5,8-9H2,1-2H3,(H,19,20,23). The van der Waals surface area contributed by atoms with Crippen molar-refractivity contribution in [1.29, 1.82) is 0 Å².